The number of hydrogen-bond donors (Lipinski definition) is 3. The number of ether oxygens (including phenoxy) is 2. The smallest absolute Gasteiger partial charge is 0.315 e. The molecule has 0 radical (unpaired) electrons. The normalized spacial score (nSPS) is 25.5. The average molecular weight is 627 g/mol. The van der Waals surface area contributed by atoms with Crippen LogP contribution in [0.5, 0.6) is 0 Å². The molecule has 3 saturated heterocycles. The molecular formula is C38H50N4O4. The van der Waals surface area contributed by atoms with Crippen LogP contribution >= 0.6 is 0 Å². The summed E-state index contributed by atoms with van der Waals surface area (Å²) in [7, 11) is 0. The quantitative estimate of drug-likeness (QED) is 0.242. The molecule has 46 heavy (non-hydrogen) atoms. The molecule has 8 heteroatoms. The first kappa shape index (κ1) is 32.7. The number of carbonyl (C=O) groups excluding carboxylic acids is 1. The molecule has 3 aliphatic rings. The molecule has 0 saturated carbocycles. The summed E-state index contributed by atoms with van der Waals surface area (Å²) in [4.78, 5) is 17.2. The van der Waals surface area contributed by atoms with E-state index in [4.69, 9.17) is 9.47 Å². The molecule has 3 aliphatic heterocycles. The van der Waals surface area contributed by atoms with E-state index in [2.05, 4.69) is 75.9 Å². The van der Waals surface area contributed by atoms with Crippen LogP contribution in [-0.2, 0) is 22.6 Å². The predicted molar refractivity (Wildman–Crippen MR) is 181 cm³/mol. The Bertz CT molecular complexity index is 1410. The summed E-state index contributed by atoms with van der Waals surface area (Å²) in [6.45, 7) is 10.9. The molecule has 5 atom stereocenters. The van der Waals surface area contributed by atoms with E-state index in [1.165, 1.54) is 38.8 Å². The van der Waals surface area contributed by atoms with Crippen LogP contribution < -0.4 is 10.6 Å². The van der Waals surface area contributed by atoms with E-state index in [1.54, 1.807) is 0 Å². The lowest BCUT2D eigenvalue weighted by Crippen LogP contribution is -2.48. The predicted octanol–water partition coefficient (Wildman–Crippen LogP) is 6.02. The lowest BCUT2D eigenvalue weighted by molar-refractivity contribution is -0.276. The largest absolute Gasteiger partial charge is 0.392 e. The Hall–Kier alpha value is -3.27. The van der Waals surface area contributed by atoms with Crippen molar-refractivity contribution in [3.63, 3.8) is 0 Å². The second-order valence-corrected chi connectivity index (χ2v) is 13.2. The van der Waals surface area contributed by atoms with E-state index in [1.807, 2.05) is 31.2 Å². The number of nitrogens with zero attached hydrogens (tertiary/aromatic N) is 2. The Morgan fingerprint density at radius 2 is 1.61 bits per heavy atom. The van der Waals surface area contributed by atoms with Gasteiger partial charge in [-0.3, -0.25) is 4.90 Å². The summed E-state index contributed by atoms with van der Waals surface area (Å²) in [5, 5.41) is 15.3. The van der Waals surface area contributed by atoms with Crippen LogP contribution in [-0.4, -0.2) is 72.4 Å². The van der Waals surface area contributed by atoms with Gasteiger partial charge in [-0.05, 0) is 86.1 Å². The fraction of sp³-hybridized carbons (Fsp3) is 0.500. The van der Waals surface area contributed by atoms with Crippen LogP contribution in [0.1, 0.15) is 74.2 Å². The number of urea groups is 1. The molecule has 3 aromatic rings. The van der Waals surface area contributed by atoms with Crippen molar-refractivity contribution in [3.05, 3.63) is 95.1 Å². The molecule has 0 bridgehead atoms. The van der Waals surface area contributed by atoms with Gasteiger partial charge in [0.25, 0.3) is 0 Å². The zero-order valence-corrected chi connectivity index (χ0v) is 27.4. The van der Waals surface area contributed by atoms with Crippen LogP contribution in [0.15, 0.2) is 72.8 Å². The SMILES string of the molecule is CCNC(=O)NCc1cccc(-c2ccc(C3OC(CN4CCCC4CN4CCCC4)C(C)C(c4ccc(CO)cc4)O3)cc2)c1. The van der Waals surface area contributed by atoms with Gasteiger partial charge in [0, 0.05) is 43.7 Å². The van der Waals surface area contributed by atoms with Crippen LogP contribution in [0, 0.1) is 5.92 Å². The third kappa shape index (κ3) is 7.99. The lowest BCUT2D eigenvalue weighted by atomic mass is 9.89. The van der Waals surface area contributed by atoms with Crippen molar-refractivity contribution in [3.8, 4) is 11.1 Å². The topological polar surface area (TPSA) is 86.3 Å². The van der Waals surface area contributed by atoms with Crippen LogP contribution in [0.3, 0.4) is 0 Å². The maximum absolute atomic E-state index is 11.9. The molecule has 3 heterocycles. The first-order chi connectivity index (χ1) is 22.5. The van der Waals surface area contributed by atoms with E-state index in [-0.39, 0.29) is 30.8 Å². The lowest BCUT2D eigenvalue weighted by Gasteiger charge is -2.43. The first-order valence-electron chi connectivity index (χ1n) is 17.2. The molecule has 5 unspecified atom stereocenters. The minimum atomic E-state index is -0.481. The molecule has 3 N–H and O–H groups in total. The molecule has 8 nitrogen and oxygen atoms in total. The van der Waals surface area contributed by atoms with Gasteiger partial charge in [-0.2, -0.15) is 0 Å². The van der Waals surface area contributed by atoms with E-state index in [9.17, 15) is 9.90 Å². The molecule has 246 valence electrons. The molecule has 6 rings (SSSR count). The average Bonchev–Trinajstić information content (AvgIpc) is 3.77. The maximum atomic E-state index is 11.9. The Morgan fingerprint density at radius 3 is 2.35 bits per heavy atom. The van der Waals surface area contributed by atoms with Gasteiger partial charge in [0.15, 0.2) is 6.29 Å². The highest BCUT2D eigenvalue weighted by Gasteiger charge is 2.40. The van der Waals surface area contributed by atoms with E-state index >= 15 is 0 Å². The minimum Gasteiger partial charge on any atom is -0.392 e. The highest BCUT2D eigenvalue weighted by atomic mass is 16.7. The molecule has 0 aliphatic carbocycles. The summed E-state index contributed by atoms with van der Waals surface area (Å²) < 4.78 is 13.6. The molecule has 3 fully saturated rings. The molecular weight excluding hydrogens is 576 g/mol. The first-order valence-corrected chi connectivity index (χ1v) is 17.2. The van der Waals surface area contributed by atoms with Gasteiger partial charge < -0.3 is 30.1 Å². The fourth-order valence-corrected chi connectivity index (χ4v) is 7.26. The van der Waals surface area contributed by atoms with Crippen molar-refractivity contribution in [2.75, 3.05) is 39.3 Å². The van der Waals surface area contributed by atoms with Crippen molar-refractivity contribution in [1.82, 2.24) is 20.4 Å². The number of amides is 2. The second-order valence-electron chi connectivity index (χ2n) is 13.2. The van der Waals surface area contributed by atoms with Gasteiger partial charge in [0.1, 0.15) is 0 Å². The third-order valence-electron chi connectivity index (χ3n) is 9.94. The summed E-state index contributed by atoms with van der Waals surface area (Å²) in [6.07, 6.45) is 4.57. The zero-order valence-electron chi connectivity index (χ0n) is 27.4. The fourth-order valence-electron chi connectivity index (χ4n) is 7.26. The van der Waals surface area contributed by atoms with Crippen LogP contribution in [0.4, 0.5) is 4.79 Å². The number of rotatable bonds is 11. The van der Waals surface area contributed by atoms with Gasteiger partial charge in [0.2, 0.25) is 0 Å². The summed E-state index contributed by atoms with van der Waals surface area (Å²) >= 11 is 0. The monoisotopic (exact) mass is 626 g/mol. The Kier molecular flexibility index (Phi) is 11.0. The number of aliphatic hydroxyl groups is 1. The summed E-state index contributed by atoms with van der Waals surface area (Å²) in [5.74, 6) is 0.166. The number of carbonyl (C=O) groups is 1. The van der Waals surface area contributed by atoms with Gasteiger partial charge >= 0.3 is 6.03 Å². The van der Waals surface area contributed by atoms with Gasteiger partial charge in [-0.15, -0.1) is 0 Å². The Balaban J connectivity index is 1.19. The number of aliphatic hydroxyl groups excluding tert-OH is 1. The van der Waals surface area contributed by atoms with Gasteiger partial charge in [0.05, 0.1) is 18.8 Å². The summed E-state index contributed by atoms with van der Waals surface area (Å²) in [6, 6.07) is 25.3. The zero-order chi connectivity index (χ0) is 31.9. The van der Waals surface area contributed by atoms with E-state index in [0.29, 0.717) is 19.1 Å². The number of likely N-dealkylation sites (tertiary alicyclic amines) is 2. The number of nitrogens with one attached hydrogen (secondary N) is 2. The third-order valence-corrected chi connectivity index (χ3v) is 9.94. The highest BCUT2D eigenvalue weighted by Crippen LogP contribution is 2.42. The van der Waals surface area contributed by atoms with Crippen LogP contribution in [0.25, 0.3) is 11.1 Å². The Morgan fingerprint density at radius 1 is 0.848 bits per heavy atom. The standard InChI is InChI=1S/C38H50N4O4/c1-3-39-38(44)40-23-29-8-6-9-33(22-29)30-15-17-32(18-16-30)37-45-35(25-42-21-7-10-34(42)24-41-19-4-5-20-41)27(2)36(46-37)31-13-11-28(26-43)12-14-31/h6,8-9,11-18,22,27,34-37,43H,3-5,7,10,19-21,23-26H2,1-2H3,(H2,39,40,44). The maximum Gasteiger partial charge on any atom is 0.315 e. The van der Waals surface area contributed by atoms with Gasteiger partial charge in [-0.1, -0.05) is 73.7 Å². The Labute approximate surface area is 274 Å². The van der Waals surface area contributed by atoms with E-state index < -0.39 is 6.29 Å². The van der Waals surface area contributed by atoms with Crippen molar-refractivity contribution in [2.24, 2.45) is 5.92 Å². The van der Waals surface area contributed by atoms with Crippen molar-refractivity contribution >= 4 is 6.03 Å². The van der Waals surface area contributed by atoms with Crippen molar-refractivity contribution in [2.45, 2.75) is 77.2 Å². The molecule has 3 aromatic carbocycles. The van der Waals surface area contributed by atoms with Crippen LogP contribution in [0.2, 0.25) is 0 Å². The summed E-state index contributed by atoms with van der Waals surface area (Å²) in [5.41, 5.74) is 6.26. The minimum absolute atomic E-state index is 0.0224. The molecule has 0 aromatic heterocycles. The number of hydrogen-bond acceptors (Lipinski definition) is 6. The highest BCUT2D eigenvalue weighted by molar-refractivity contribution is 5.73. The van der Waals surface area contributed by atoms with Crippen molar-refractivity contribution in [1.29, 1.82) is 0 Å². The van der Waals surface area contributed by atoms with Crippen molar-refractivity contribution < 1.29 is 19.4 Å². The van der Waals surface area contributed by atoms with E-state index in [0.717, 1.165) is 53.0 Å². The second kappa shape index (κ2) is 15.5. The molecule has 0 spiro atoms. The number of benzene rings is 3. The molecule has 2 amide bonds. The van der Waals surface area contributed by atoms with Gasteiger partial charge in [-0.25, -0.2) is 4.79 Å².